The summed E-state index contributed by atoms with van der Waals surface area (Å²) < 4.78 is 2.07. The van der Waals surface area contributed by atoms with E-state index in [1.165, 1.54) is 4.90 Å². The molecule has 1 aromatic rings. The molecule has 6 heteroatoms. The topological polar surface area (TPSA) is 70.4 Å². The van der Waals surface area contributed by atoms with Gasteiger partial charge < -0.3 is 19.9 Å². The number of aliphatic hydroxyl groups excluding tert-OH is 1. The number of nitrogens with one attached hydrogen (secondary N) is 1. The first-order valence-corrected chi connectivity index (χ1v) is 6.55. The number of rotatable bonds is 6. The monoisotopic (exact) mass is 268 g/mol. The maximum Gasteiger partial charge on any atom is 0.317 e. The van der Waals surface area contributed by atoms with Gasteiger partial charge in [0.25, 0.3) is 0 Å². The molecule has 0 aliphatic heterocycles. The van der Waals surface area contributed by atoms with Crippen LogP contribution in [0.2, 0.25) is 0 Å². The van der Waals surface area contributed by atoms with Gasteiger partial charge in [0.2, 0.25) is 0 Å². The van der Waals surface area contributed by atoms with Crippen molar-refractivity contribution >= 4 is 6.03 Å². The molecule has 0 saturated heterocycles. The van der Waals surface area contributed by atoms with Crippen LogP contribution < -0.4 is 5.32 Å². The number of amides is 2. The van der Waals surface area contributed by atoms with Crippen LogP contribution in [-0.2, 0) is 6.54 Å². The van der Waals surface area contributed by atoms with Gasteiger partial charge in [0, 0.05) is 32.5 Å². The average Bonchev–Trinajstić information content (AvgIpc) is 2.79. The van der Waals surface area contributed by atoms with E-state index in [2.05, 4.69) is 21.8 Å². The number of carbonyl (C=O) groups is 1. The summed E-state index contributed by atoms with van der Waals surface area (Å²) in [6.07, 6.45) is 3.71. The Labute approximate surface area is 114 Å². The third-order valence-electron chi connectivity index (χ3n) is 3.28. The fraction of sp³-hybridized carbons (Fsp3) is 0.692. The first-order chi connectivity index (χ1) is 8.95. The number of aliphatic hydroxyl groups is 1. The number of aromatic nitrogens is 2. The van der Waals surface area contributed by atoms with E-state index in [1.54, 1.807) is 20.2 Å². The highest BCUT2D eigenvalue weighted by Gasteiger charge is 2.15. The number of imidazole rings is 1. The second-order valence-corrected chi connectivity index (χ2v) is 5.06. The molecule has 1 aromatic heterocycles. The largest absolute Gasteiger partial charge is 0.394 e. The van der Waals surface area contributed by atoms with E-state index in [1.807, 2.05) is 13.1 Å². The zero-order chi connectivity index (χ0) is 14.4. The van der Waals surface area contributed by atoms with E-state index < -0.39 is 0 Å². The van der Waals surface area contributed by atoms with Crippen molar-refractivity contribution in [1.29, 1.82) is 0 Å². The molecule has 0 aromatic carbocycles. The molecule has 0 fully saturated rings. The van der Waals surface area contributed by atoms with Crippen molar-refractivity contribution in [3.05, 3.63) is 18.2 Å². The van der Waals surface area contributed by atoms with E-state index in [0.29, 0.717) is 12.5 Å². The minimum atomic E-state index is -0.175. The summed E-state index contributed by atoms with van der Waals surface area (Å²) in [5.74, 6) is 1.29. The lowest BCUT2D eigenvalue weighted by molar-refractivity contribution is 0.156. The summed E-state index contributed by atoms with van der Waals surface area (Å²) in [6, 6.07) is -0.332. The molecule has 0 aliphatic carbocycles. The van der Waals surface area contributed by atoms with Crippen LogP contribution >= 0.6 is 0 Å². The number of likely N-dealkylation sites (N-methyl/N-ethyl adjacent to an activating group) is 1. The smallest absolute Gasteiger partial charge is 0.317 e. The molecule has 0 spiro atoms. The summed E-state index contributed by atoms with van der Waals surface area (Å²) in [5.41, 5.74) is 0. The third-order valence-corrected chi connectivity index (χ3v) is 3.28. The van der Waals surface area contributed by atoms with E-state index >= 15 is 0 Å². The van der Waals surface area contributed by atoms with Gasteiger partial charge >= 0.3 is 6.03 Å². The van der Waals surface area contributed by atoms with Crippen molar-refractivity contribution in [2.24, 2.45) is 5.92 Å². The predicted molar refractivity (Wildman–Crippen MR) is 73.8 cm³/mol. The standard InChI is InChI=1S/C13H24N4O2/c1-10(8-17-6-5-14-12(17)3)7-15-13(19)16(4)11(2)9-18/h5-6,10-11,18H,7-9H2,1-4H3,(H,15,19). The number of carbonyl (C=O) groups excluding carboxylic acids is 1. The molecule has 1 heterocycles. The van der Waals surface area contributed by atoms with Crippen molar-refractivity contribution in [3.8, 4) is 0 Å². The molecule has 19 heavy (non-hydrogen) atoms. The molecule has 0 bridgehead atoms. The second kappa shape index (κ2) is 7.13. The number of aryl methyl sites for hydroxylation is 1. The van der Waals surface area contributed by atoms with Crippen LogP contribution in [0.5, 0.6) is 0 Å². The molecular weight excluding hydrogens is 244 g/mol. The van der Waals surface area contributed by atoms with E-state index in [9.17, 15) is 4.79 Å². The first kappa shape index (κ1) is 15.5. The molecule has 2 N–H and O–H groups in total. The Hall–Kier alpha value is -1.56. The fourth-order valence-electron chi connectivity index (χ4n) is 1.71. The lowest BCUT2D eigenvalue weighted by Crippen LogP contribution is -2.45. The normalized spacial score (nSPS) is 13.9. The van der Waals surface area contributed by atoms with Crippen LogP contribution in [0.15, 0.2) is 12.4 Å². The molecular formula is C13H24N4O2. The molecule has 2 unspecified atom stereocenters. The molecule has 2 atom stereocenters. The summed E-state index contributed by atoms with van der Waals surface area (Å²) in [5, 5.41) is 11.9. The molecule has 1 rings (SSSR count). The molecule has 6 nitrogen and oxygen atoms in total. The lowest BCUT2D eigenvalue weighted by Gasteiger charge is -2.24. The number of hydrogen-bond donors (Lipinski definition) is 2. The Kier molecular flexibility index (Phi) is 5.82. The molecule has 0 aliphatic rings. The van der Waals surface area contributed by atoms with Crippen molar-refractivity contribution in [1.82, 2.24) is 19.8 Å². The van der Waals surface area contributed by atoms with Crippen molar-refractivity contribution in [3.63, 3.8) is 0 Å². The third kappa shape index (κ3) is 4.55. The minimum Gasteiger partial charge on any atom is -0.394 e. The van der Waals surface area contributed by atoms with Crippen molar-refractivity contribution in [2.45, 2.75) is 33.4 Å². The maximum absolute atomic E-state index is 11.8. The highest BCUT2D eigenvalue weighted by atomic mass is 16.3. The van der Waals surface area contributed by atoms with Crippen LogP contribution in [0.1, 0.15) is 19.7 Å². The zero-order valence-corrected chi connectivity index (χ0v) is 12.1. The number of urea groups is 1. The Bertz CT molecular complexity index is 405. The first-order valence-electron chi connectivity index (χ1n) is 6.55. The zero-order valence-electron chi connectivity index (χ0n) is 12.1. The van der Waals surface area contributed by atoms with Gasteiger partial charge in [-0.3, -0.25) is 0 Å². The molecule has 108 valence electrons. The lowest BCUT2D eigenvalue weighted by atomic mass is 10.2. The minimum absolute atomic E-state index is 0.0340. The Balaban J connectivity index is 2.36. The van der Waals surface area contributed by atoms with Gasteiger partial charge in [-0.15, -0.1) is 0 Å². The maximum atomic E-state index is 11.8. The number of hydrogen-bond acceptors (Lipinski definition) is 3. The van der Waals surface area contributed by atoms with Gasteiger partial charge in [-0.1, -0.05) is 6.92 Å². The van der Waals surface area contributed by atoms with Crippen LogP contribution in [0.25, 0.3) is 0 Å². The van der Waals surface area contributed by atoms with Crippen molar-refractivity contribution in [2.75, 3.05) is 20.2 Å². The van der Waals surface area contributed by atoms with Gasteiger partial charge in [-0.2, -0.15) is 0 Å². The quantitative estimate of drug-likeness (QED) is 0.803. The highest BCUT2D eigenvalue weighted by molar-refractivity contribution is 5.74. The van der Waals surface area contributed by atoms with Gasteiger partial charge in [0.05, 0.1) is 12.6 Å². The predicted octanol–water partition coefficient (Wildman–Crippen LogP) is 0.850. The Morgan fingerprint density at radius 3 is 2.79 bits per heavy atom. The van der Waals surface area contributed by atoms with Crippen LogP contribution in [-0.4, -0.2) is 51.8 Å². The molecule has 0 radical (unpaired) electrons. The Morgan fingerprint density at radius 2 is 2.26 bits per heavy atom. The Morgan fingerprint density at radius 1 is 1.58 bits per heavy atom. The highest BCUT2D eigenvalue weighted by Crippen LogP contribution is 2.03. The summed E-state index contributed by atoms with van der Waals surface area (Å²) in [6.45, 7) is 7.23. The summed E-state index contributed by atoms with van der Waals surface area (Å²) in [7, 11) is 1.68. The number of nitrogens with zero attached hydrogens (tertiary/aromatic N) is 3. The van der Waals surface area contributed by atoms with Crippen molar-refractivity contribution < 1.29 is 9.90 Å². The van der Waals surface area contributed by atoms with Crippen LogP contribution in [0.4, 0.5) is 4.79 Å². The van der Waals surface area contributed by atoms with Crippen LogP contribution in [0, 0.1) is 12.8 Å². The fourth-order valence-corrected chi connectivity index (χ4v) is 1.71. The summed E-state index contributed by atoms with van der Waals surface area (Å²) in [4.78, 5) is 17.5. The summed E-state index contributed by atoms with van der Waals surface area (Å²) >= 11 is 0. The van der Waals surface area contributed by atoms with Crippen LogP contribution in [0.3, 0.4) is 0 Å². The van der Waals surface area contributed by atoms with E-state index in [0.717, 1.165) is 12.4 Å². The van der Waals surface area contributed by atoms with Gasteiger partial charge in [-0.25, -0.2) is 9.78 Å². The SMILES string of the molecule is Cc1nccn1CC(C)CNC(=O)N(C)C(C)CO. The second-order valence-electron chi connectivity index (χ2n) is 5.06. The van der Waals surface area contributed by atoms with E-state index in [4.69, 9.17) is 5.11 Å². The van der Waals surface area contributed by atoms with Gasteiger partial charge in [0.1, 0.15) is 5.82 Å². The molecule has 0 saturated carbocycles. The van der Waals surface area contributed by atoms with Gasteiger partial charge in [-0.05, 0) is 19.8 Å². The average molecular weight is 268 g/mol. The molecule has 2 amide bonds. The van der Waals surface area contributed by atoms with E-state index in [-0.39, 0.29) is 18.7 Å². The van der Waals surface area contributed by atoms with Gasteiger partial charge in [0.15, 0.2) is 0 Å².